The average molecular weight is 392 g/mol. The van der Waals surface area contributed by atoms with E-state index in [0.29, 0.717) is 6.04 Å². The van der Waals surface area contributed by atoms with Crippen LogP contribution in [0.4, 0.5) is 0 Å². The van der Waals surface area contributed by atoms with Crippen molar-refractivity contribution in [3.8, 4) is 0 Å². The summed E-state index contributed by atoms with van der Waals surface area (Å²) < 4.78 is 0. The number of piperidine rings is 1. The topological polar surface area (TPSA) is 51.2 Å². The van der Waals surface area contributed by atoms with Gasteiger partial charge in [0.1, 0.15) is 6.54 Å². The third-order valence-electron chi connectivity index (χ3n) is 5.55. The fourth-order valence-electron chi connectivity index (χ4n) is 3.84. The summed E-state index contributed by atoms with van der Waals surface area (Å²) >= 11 is 1.75. The number of likely N-dealkylation sites (tertiary alicyclic amines) is 2. The molecular weight excluding hydrogens is 358 g/mol. The van der Waals surface area contributed by atoms with E-state index < -0.39 is 0 Å². The summed E-state index contributed by atoms with van der Waals surface area (Å²) in [6.07, 6.45) is 5.19. The first-order valence-electron chi connectivity index (χ1n) is 10.1. The summed E-state index contributed by atoms with van der Waals surface area (Å²) in [6, 6.07) is 5.02. The van der Waals surface area contributed by atoms with Crippen molar-refractivity contribution in [2.24, 2.45) is 4.99 Å². The Hall–Kier alpha value is -1.60. The Bertz CT molecular complexity index is 624. The zero-order valence-corrected chi connectivity index (χ0v) is 17.7. The van der Waals surface area contributed by atoms with Crippen LogP contribution in [0.1, 0.15) is 43.5 Å². The maximum atomic E-state index is 12.1. The number of amides is 1. The molecule has 1 aromatic heterocycles. The highest BCUT2D eigenvalue weighted by Gasteiger charge is 2.30. The quantitative estimate of drug-likeness (QED) is 0.619. The van der Waals surface area contributed by atoms with Crippen molar-refractivity contribution in [1.29, 1.82) is 0 Å². The second-order valence-electron chi connectivity index (χ2n) is 7.79. The molecule has 2 atom stereocenters. The Kier molecular flexibility index (Phi) is 7.13. The van der Waals surface area contributed by atoms with Crippen LogP contribution in [0, 0.1) is 0 Å². The van der Waals surface area contributed by atoms with E-state index in [-0.39, 0.29) is 18.5 Å². The van der Waals surface area contributed by atoms with Crippen LogP contribution in [0.3, 0.4) is 0 Å². The number of aliphatic imine (C=N–C) groups is 1. The molecule has 3 heterocycles. The van der Waals surface area contributed by atoms with Crippen molar-refractivity contribution >= 4 is 23.2 Å². The Balaban J connectivity index is 1.67. The van der Waals surface area contributed by atoms with Crippen LogP contribution < -0.4 is 5.32 Å². The van der Waals surface area contributed by atoms with E-state index in [0.717, 1.165) is 19.0 Å². The summed E-state index contributed by atoms with van der Waals surface area (Å²) in [5.41, 5.74) is 0. The second-order valence-corrected chi connectivity index (χ2v) is 8.77. The van der Waals surface area contributed by atoms with Crippen molar-refractivity contribution in [3.63, 3.8) is 0 Å². The fourth-order valence-corrected chi connectivity index (χ4v) is 4.57. The smallest absolute Gasteiger partial charge is 0.243 e. The molecule has 27 heavy (non-hydrogen) atoms. The number of guanidine groups is 1. The van der Waals surface area contributed by atoms with E-state index in [2.05, 4.69) is 44.5 Å². The molecule has 150 valence electrons. The van der Waals surface area contributed by atoms with Gasteiger partial charge in [-0.05, 0) is 50.7 Å². The number of carbonyl (C=O) groups excluding carboxylic acids is 1. The van der Waals surface area contributed by atoms with Crippen molar-refractivity contribution in [3.05, 3.63) is 22.4 Å². The summed E-state index contributed by atoms with van der Waals surface area (Å²) in [7, 11) is 3.56. The minimum absolute atomic E-state index is 0.0323. The molecule has 2 aliphatic rings. The molecule has 7 heteroatoms. The Morgan fingerprint density at radius 3 is 2.78 bits per heavy atom. The van der Waals surface area contributed by atoms with Gasteiger partial charge in [-0.1, -0.05) is 12.5 Å². The van der Waals surface area contributed by atoms with E-state index in [1.807, 2.05) is 0 Å². The number of hydrogen-bond donors (Lipinski definition) is 1. The third-order valence-corrected chi connectivity index (χ3v) is 6.60. The molecule has 3 rings (SSSR count). The lowest BCUT2D eigenvalue weighted by atomic mass is 10.1. The van der Waals surface area contributed by atoms with E-state index in [1.54, 1.807) is 30.3 Å². The van der Waals surface area contributed by atoms with Gasteiger partial charge >= 0.3 is 0 Å². The van der Waals surface area contributed by atoms with Crippen LogP contribution in [0.15, 0.2) is 22.5 Å². The lowest BCUT2D eigenvalue weighted by Gasteiger charge is -2.32. The van der Waals surface area contributed by atoms with Crippen LogP contribution in [0.5, 0.6) is 0 Å². The summed E-state index contributed by atoms with van der Waals surface area (Å²) in [5, 5.41) is 5.68. The minimum Gasteiger partial charge on any atom is -0.349 e. The zero-order valence-electron chi connectivity index (χ0n) is 16.9. The lowest BCUT2D eigenvalue weighted by Crippen LogP contribution is -2.45. The number of likely N-dealkylation sites (N-methyl/N-ethyl adjacent to an activating group) is 1. The highest BCUT2D eigenvalue weighted by Crippen LogP contribution is 2.22. The molecule has 0 aromatic carbocycles. The van der Waals surface area contributed by atoms with Gasteiger partial charge in [0.15, 0.2) is 5.96 Å². The number of thiophene rings is 1. The number of nitrogens with zero attached hydrogens (tertiary/aromatic N) is 4. The molecule has 1 N–H and O–H groups in total. The Morgan fingerprint density at radius 1 is 1.33 bits per heavy atom. The van der Waals surface area contributed by atoms with Gasteiger partial charge in [-0.3, -0.25) is 9.69 Å². The van der Waals surface area contributed by atoms with E-state index in [1.165, 1.54) is 43.6 Å². The monoisotopic (exact) mass is 391 g/mol. The normalized spacial score (nSPS) is 22.7. The summed E-state index contributed by atoms with van der Waals surface area (Å²) in [4.78, 5) is 24.6. The van der Waals surface area contributed by atoms with Crippen molar-refractivity contribution in [2.45, 2.75) is 44.7 Å². The standard InChI is InChI=1S/C20H33N5OS/c1-16(18-8-7-13-27-18)22-20(21-14-19(26)23(2)3)25-12-9-17(15-25)24-10-5-4-6-11-24/h7-8,13,16-17H,4-6,9-12,14-15H2,1-3H3,(H,21,22). The molecule has 0 spiro atoms. The molecule has 2 aliphatic heterocycles. The van der Waals surface area contributed by atoms with Gasteiger partial charge in [0, 0.05) is 38.1 Å². The number of hydrogen-bond acceptors (Lipinski definition) is 4. The third kappa shape index (κ3) is 5.45. The first kappa shape index (κ1) is 20.1. The van der Waals surface area contributed by atoms with Crippen molar-refractivity contribution < 1.29 is 4.79 Å². The molecule has 0 saturated carbocycles. The van der Waals surface area contributed by atoms with Gasteiger partial charge in [0.05, 0.1) is 6.04 Å². The molecule has 0 radical (unpaired) electrons. The molecule has 1 amide bonds. The minimum atomic E-state index is 0.0323. The molecule has 0 aliphatic carbocycles. The predicted octanol–water partition coefficient (Wildman–Crippen LogP) is 2.40. The van der Waals surface area contributed by atoms with E-state index >= 15 is 0 Å². The molecule has 2 saturated heterocycles. The number of nitrogens with one attached hydrogen (secondary N) is 1. The van der Waals surface area contributed by atoms with Crippen LogP contribution in [0.25, 0.3) is 0 Å². The first-order chi connectivity index (χ1) is 13.0. The van der Waals surface area contributed by atoms with Crippen LogP contribution in [-0.2, 0) is 4.79 Å². The van der Waals surface area contributed by atoms with Gasteiger partial charge in [0.25, 0.3) is 0 Å². The average Bonchev–Trinajstić information content (AvgIpc) is 3.37. The molecule has 2 unspecified atom stereocenters. The number of rotatable bonds is 5. The van der Waals surface area contributed by atoms with Gasteiger partial charge in [-0.25, -0.2) is 4.99 Å². The van der Waals surface area contributed by atoms with Crippen LogP contribution in [-0.4, -0.2) is 79.4 Å². The second kappa shape index (κ2) is 9.55. The van der Waals surface area contributed by atoms with Crippen LogP contribution in [0.2, 0.25) is 0 Å². The molecule has 6 nitrogen and oxygen atoms in total. The summed E-state index contributed by atoms with van der Waals surface area (Å²) in [5.74, 6) is 0.899. The molecular formula is C20H33N5OS. The van der Waals surface area contributed by atoms with Gasteiger partial charge in [0.2, 0.25) is 5.91 Å². The van der Waals surface area contributed by atoms with Gasteiger partial charge in [-0.2, -0.15) is 0 Å². The Morgan fingerprint density at radius 2 is 2.11 bits per heavy atom. The molecule has 2 fully saturated rings. The summed E-state index contributed by atoms with van der Waals surface area (Å²) in [6.45, 7) is 6.80. The van der Waals surface area contributed by atoms with Gasteiger partial charge < -0.3 is 15.1 Å². The largest absolute Gasteiger partial charge is 0.349 e. The van der Waals surface area contributed by atoms with E-state index in [4.69, 9.17) is 0 Å². The molecule has 0 bridgehead atoms. The fraction of sp³-hybridized carbons (Fsp3) is 0.700. The lowest BCUT2D eigenvalue weighted by molar-refractivity contribution is -0.127. The van der Waals surface area contributed by atoms with Crippen molar-refractivity contribution in [1.82, 2.24) is 20.0 Å². The number of carbonyl (C=O) groups is 1. The first-order valence-corrected chi connectivity index (χ1v) is 11.0. The SMILES string of the molecule is CC(NC(=NCC(=O)N(C)C)N1CCC(N2CCCCC2)C1)c1cccs1. The highest BCUT2D eigenvalue weighted by molar-refractivity contribution is 7.10. The predicted molar refractivity (Wildman–Crippen MR) is 112 cm³/mol. The maximum absolute atomic E-state index is 12.1. The highest BCUT2D eigenvalue weighted by atomic mass is 32.1. The van der Waals surface area contributed by atoms with E-state index in [9.17, 15) is 4.79 Å². The maximum Gasteiger partial charge on any atom is 0.243 e. The van der Waals surface area contributed by atoms with Crippen molar-refractivity contribution in [2.75, 3.05) is 46.8 Å². The Labute approximate surface area is 167 Å². The van der Waals surface area contributed by atoms with Crippen LogP contribution >= 0.6 is 11.3 Å². The van der Waals surface area contributed by atoms with Gasteiger partial charge in [-0.15, -0.1) is 11.3 Å². The molecule has 1 aromatic rings. The zero-order chi connectivity index (χ0) is 19.2.